The number of hydrogen-bond acceptors (Lipinski definition) is 0. The molecule has 0 heterocycles. The first-order valence-electron chi connectivity index (χ1n) is 4.81. The molecule has 0 amide bonds. The van der Waals surface area contributed by atoms with Gasteiger partial charge in [0, 0.05) is 0 Å². The summed E-state index contributed by atoms with van der Waals surface area (Å²) in [6.45, 7) is 2.52. The molecule has 2 fully saturated rings. The van der Waals surface area contributed by atoms with Crippen molar-refractivity contribution in [3.05, 3.63) is 0 Å². The molecule has 0 spiro atoms. The van der Waals surface area contributed by atoms with Crippen LogP contribution in [0, 0.1) is 11.3 Å². The molecule has 2 rings (SSSR count). The van der Waals surface area contributed by atoms with E-state index in [4.69, 9.17) is 0 Å². The molecule has 10 heavy (non-hydrogen) atoms. The van der Waals surface area contributed by atoms with Gasteiger partial charge < -0.3 is 0 Å². The van der Waals surface area contributed by atoms with Gasteiger partial charge in [-0.1, -0.05) is 26.2 Å². The van der Waals surface area contributed by atoms with E-state index in [-0.39, 0.29) is 0 Å². The van der Waals surface area contributed by atoms with Gasteiger partial charge >= 0.3 is 0 Å². The molecule has 0 aromatic rings. The van der Waals surface area contributed by atoms with Crippen LogP contribution in [-0.2, 0) is 0 Å². The van der Waals surface area contributed by atoms with Crippen LogP contribution in [0.25, 0.3) is 0 Å². The van der Waals surface area contributed by atoms with Crippen LogP contribution in [-0.4, -0.2) is 0 Å². The summed E-state index contributed by atoms with van der Waals surface area (Å²) in [6.07, 6.45) is 10.6. The van der Waals surface area contributed by atoms with Gasteiger partial charge in [0.05, 0.1) is 0 Å². The zero-order chi connectivity index (χ0) is 7.03. The van der Waals surface area contributed by atoms with Gasteiger partial charge in [-0.05, 0) is 37.0 Å². The topological polar surface area (TPSA) is 0 Å². The zero-order valence-corrected chi connectivity index (χ0v) is 7.03. The number of hydrogen-bond donors (Lipinski definition) is 0. The molecule has 0 saturated heterocycles. The van der Waals surface area contributed by atoms with Crippen LogP contribution in [0.4, 0.5) is 0 Å². The monoisotopic (exact) mass is 138 g/mol. The Balaban J connectivity index is 1.97. The molecule has 0 nitrogen and oxygen atoms in total. The fraction of sp³-hybridized carbons (Fsp3) is 1.00. The van der Waals surface area contributed by atoms with E-state index in [9.17, 15) is 0 Å². The molecule has 0 unspecified atom stereocenters. The standard InChI is InChI=1S/C10H18/c1-10(9-5-6-9)7-3-2-4-8-10/h9H,2-8H2,1H3. The Morgan fingerprint density at radius 3 is 2.10 bits per heavy atom. The van der Waals surface area contributed by atoms with Crippen molar-refractivity contribution in [1.29, 1.82) is 0 Å². The summed E-state index contributed by atoms with van der Waals surface area (Å²) in [5.41, 5.74) is 0.790. The van der Waals surface area contributed by atoms with E-state index in [2.05, 4.69) is 6.92 Å². The van der Waals surface area contributed by atoms with Crippen molar-refractivity contribution in [1.82, 2.24) is 0 Å². The van der Waals surface area contributed by atoms with Crippen LogP contribution in [0.5, 0.6) is 0 Å². The lowest BCUT2D eigenvalue weighted by molar-refractivity contribution is 0.180. The summed E-state index contributed by atoms with van der Waals surface area (Å²) in [4.78, 5) is 0. The Morgan fingerprint density at radius 2 is 1.60 bits per heavy atom. The van der Waals surface area contributed by atoms with Crippen molar-refractivity contribution in [2.45, 2.75) is 51.9 Å². The summed E-state index contributed by atoms with van der Waals surface area (Å²) in [7, 11) is 0. The molecule has 0 aliphatic heterocycles. The Kier molecular flexibility index (Phi) is 1.51. The smallest absolute Gasteiger partial charge is 0.0298 e. The van der Waals surface area contributed by atoms with Crippen molar-refractivity contribution < 1.29 is 0 Å². The first-order chi connectivity index (χ1) is 4.81. The van der Waals surface area contributed by atoms with Gasteiger partial charge in [0.1, 0.15) is 0 Å². The van der Waals surface area contributed by atoms with Crippen molar-refractivity contribution in [3.63, 3.8) is 0 Å². The van der Waals surface area contributed by atoms with Gasteiger partial charge in [0.15, 0.2) is 0 Å². The first kappa shape index (κ1) is 6.69. The zero-order valence-electron chi connectivity index (χ0n) is 7.03. The Bertz CT molecular complexity index is 116. The van der Waals surface area contributed by atoms with Crippen LogP contribution >= 0.6 is 0 Å². The van der Waals surface area contributed by atoms with Crippen LogP contribution in [0.1, 0.15) is 51.9 Å². The second-order valence-electron chi connectivity index (χ2n) is 4.49. The Morgan fingerprint density at radius 1 is 1.00 bits per heavy atom. The normalized spacial score (nSPS) is 32.1. The molecule has 0 atom stereocenters. The maximum atomic E-state index is 2.52. The van der Waals surface area contributed by atoms with Crippen molar-refractivity contribution in [3.8, 4) is 0 Å². The molecule has 2 aliphatic carbocycles. The van der Waals surface area contributed by atoms with E-state index in [1.165, 1.54) is 44.9 Å². The van der Waals surface area contributed by atoms with E-state index in [0.29, 0.717) is 0 Å². The molecule has 2 saturated carbocycles. The van der Waals surface area contributed by atoms with E-state index in [1.807, 2.05) is 0 Å². The van der Waals surface area contributed by atoms with Crippen LogP contribution < -0.4 is 0 Å². The summed E-state index contributed by atoms with van der Waals surface area (Å²) < 4.78 is 0. The molecule has 0 bridgehead atoms. The molecule has 58 valence electrons. The summed E-state index contributed by atoms with van der Waals surface area (Å²) >= 11 is 0. The Hall–Kier alpha value is 0. The minimum atomic E-state index is 0.790. The highest BCUT2D eigenvalue weighted by Crippen LogP contribution is 2.53. The minimum absolute atomic E-state index is 0.790. The SMILES string of the molecule is CC1(C2CC2)CCCCC1. The molecule has 0 heteroatoms. The fourth-order valence-electron chi connectivity index (χ4n) is 2.55. The molecule has 2 aliphatic rings. The maximum Gasteiger partial charge on any atom is -0.0298 e. The summed E-state index contributed by atoms with van der Waals surface area (Å²) in [6, 6.07) is 0. The highest BCUT2D eigenvalue weighted by atomic mass is 14.5. The minimum Gasteiger partial charge on any atom is -0.0594 e. The molecule has 0 radical (unpaired) electrons. The van der Waals surface area contributed by atoms with Crippen LogP contribution in [0.15, 0.2) is 0 Å². The lowest BCUT2D eigenvalue weighted by atomic mass is 9.72. The summed E-state index contributed by atoms with van der Waals surface area (Å²) in [5.74, 6) is 1.13. The van der Waals surface area contributed by atoms with Crippen LogP contribution in [0.2, 0.25) is 0 Å². The second kappa shape index (κ2) is 2.25. The third-order valence-electron chi connectivity index (χ3n) is 3.56. The van der Waals surface area contributed by atoms with Crippen LogP contribution in [0.3, 0.4) is 0 Å². The highest BCUT2D eigenvalue weighted by molar-refractivity contribution is 4.92. The van der Waals surface area contributed by atoms with E-state index >= 15 is 0 Å². The fourth-order valence-corrected chi connectivity index (χ4v) is 2.55. The van der Waals surface area contributed by atoms with Gasteiger partial charge in [-0.25, -0.2) is 0 Å². The average molecular weight is 138 g/mol. The van der Waals surface area contributed by atoms with Gasteiger partial charge in [-0.15, -0.1) is 0 Å². The molecular formula is C10H18. The third kappa shape index (κ3) is 1.09. The van der Waals surface area contributed by atoms with E-state index in [1.54, 1.807) is 0 Å². The molecule has 0 N–H and O–H groups in total. The molecule has 0 aromatic heterocycles. The number of rotatable bonds is 1. The summed E-state index contributed by atoms with van der Waals surface area (Å²) in [5, 5.41) is 0. The maximum absolute atomic E-state index is 2.52. The predicted octanol–water partition coefficient (Wildman–Crippen LogP) is 3.37. The predicted molar refractivity (Wildman–Crippen MR) is 43.9 cm³/mol. The van der Waals surface area contributed by atoms with E-state index < -0.39 is 0 Å². The molecular weight excluding hydrogens is 120 g/mol. The lowest BCUT2D eigenvalue weighted by Crippen LogP contribution is -2.22. The van der Waals surface area contributed by atoms with Gasteiger partial charge in [-0.2, -0.15) is 0 Å². The largest absolute Gasteiger partial charge is 0.0594 e. The third-order valence-corrected chi connectivity index (χ3v) is 3.56. The highest BCUT2D eigenvalue weighted by Gasteiger charge is 2.41. The first-order valence-corrected chi connectivity index (χ1v) is 4.81. The second-order valence-corrected chi connectivity index (χ2v) is 4.49. The van der Waals surface area contributed by atoms with Gasteiger partial charge in [-0.3, -0.25) is 0 Å². The van der Waals surface area contributed by atoms with Gasteiger partial charge in [0.2, 0.25) is 0 Å². The molecule has 0 aromatic carbocycles. The quantitative estimate of drug-likeness (QED) is 0.521. The van der Waals surface area contributed by atoms with Crippen molar-refractivity contribution in [2.75, 3.05) is 0 Å². The average Bonchev–Trinajstić information content (AvgIpc) is 2.69. The van der Waals surface area contributed by atoms with E-state index in [0.717, 1.165) is 11.3 Å². The van der Waals surface area contributed by atoms with Crippen molar-refractivity contribution >= 4 is 0 Å². The van der Waals surface area contributed by atoms with Gasteiger partial charge in [0.25, 0.3) is 0 Å². The Labute approximate surface area is 64.0 Å². The van der Waals surface area contributed by atoms with Crippen molar-refractivity contribution in [2.24, 2.45) is 11.3 Å². The lowest BCUT2D eigenvalue weighted by Gasteiger charge is -2.33.